The van der Waals surface area contributed by atoms with Crippen LogP contribution in [-0.4, -0.2) is 17.0 Å². The summed E-state index contributed by atoms with van der Waals surface area (Å²) in [6, 6.07) is 0.456. The number of benzene rings is 1. The van der Waals surface area contributed by atoms with E-state index in [9.17, 15) is 13.2 Å². The molecule has 2 rings (SSSR count). The van der Waals surface area contributed by atoms with Crippen LogP contribution in [0, 0.1) is 17.5 Å². The first-order valence-electron chi connectivity index (χ1n) is 5.21. The predicted octanol–water partition coefficient (Wildman–Crippen LogP) is 2.20. The van der Waals surface area contributed by atoms with Crippen LogP contribution in [0.2, 0.25) is 0 Å². The SMILES string of the molecule is CNC(c1cnccn1)c1c(F)cc(F)cc1F. The molecule has 6 heteroatoms. The summed E-state index contributed by atoms with van der Waals surface area (Å²) in [5.41, 5.74) is 0.0730. The van der Waals surface area contributed by atoms with Gasteiger partial charge in [0.25, 0.3) is 0 Å². The van der Waals surface area contributed by atoms with E-state index in [0.29, 0.717) is 17.8 Å². The average molecular weight is 253 g/mol. The predicted molar refractivity (Wildman–Crippen MR) is 59.3 cm³/mol. The Kier molecular flexibility index (Phi) is 3.57. The lowest BCUT2D eigenvalue weighted by Gasteiger charge is -2.17. The van der Waals surface area contributed by atoms with E-state index in [2.05, 4.69) is 15.3 Å². The number of hydrogen-bond acceptors (Lipinski definition) is 3. The number of aromatic nitrogens is 2. The summed E-state index contributed by atoms with van der Waals surface area (Å²) in [7, 11) is 1.53. The van der Waals surface area contributed by atoms with Gasteiger partial charge in [0, 0.05) is 30.1 Å². The quantitative estimate of drug-likeness (QED) is 0.911. The number of nitrogens with one attached hydrogen (secondary N) is 1. The number of halogens is 3. The third kappa shape index (κ3) is 2.33. The molecule has 1 N–H and O–H groups in total. The molecule has 18 heavy (non-hydrogen) atoms. The van der Waals surface area contributed by atoms with E-state index >= 15 is 0 Å². The molecule has 0 aliphatic carbocycles. The van der Waals surface area contributed by atoms with E-state index < -0.39 is 23.5 Å². The highest BCUT2D eigenvalue weighted by molar-refractivity contribution is 5.30. The molecular formula is C12H10F3N3. The van der Waals surface area contributed by atoms with E-state index in [-0.39, 0.29) is 5.56 Å². The average Bonchev–Trinajstić information content (AvgIpc) is 2.34. The molecule has 2 aromatic rings. The largest absolute Gasteiger partial charge is 0.308 e. The number of hydrogen-bond donors (Lipinski definition) is 1. The Morgan fingerprint density at radius 1 is 1.11 bits per heavy atom. The zero-order valence-electron chi connectivity index (χ0n) is 9.49. The monoisotopic (exact) mass is 253 g/mol. The number of rotatable bonds is 3. The van der Waals surface area contributed by atoms with Gasteiger partial charge in [0.1, 0.15) is 17.5 Å². The molecule has 0 fully saturated rings. The summed E-state index contributed by atoms with van der Waals surface area (Å²) in [5.74, 6) is -2.88. The lowest BCUT2D eigenvalue weighted by molar-refractivity contribution is 0.496. The molecule has 1 aromatic heterocycles. The van der Waals surface area contributed by atoms with E-state index in [1.54, 1.807) is 0 Å². The maximum Gasteiger partial charge on any atom is 0.134 e. The molecule has 1 atom stereocenters. The van der Waals surface area contributed by atoms with Gasteiger partial charge in [0.05, 0.1) is 17.9 Å². The highest BCUT2D eigenvalue weighted by Crippen LogP contribution is 2.25. The molecular weight excluding hydrogens is 243 g/mol. The van der Waals surface area contributed by atoms with Crippen LogP contribution in [0.5, 0.6) is 0 Å². The molecule has 0 radical (unpaired) electrons. The van der Waals surface area contributed by atoms with Crippen molar-refractivity contribution in [2.75, 3.05) is 7.05 Å². The van der Waals surface area contributed by atoms with Crippen molar-refractivity contribution in [2.45, 2.75) is 6.04 Å². The molecule has 0 saturated heterocycles. The zero-order valence-corrected chi connectivity index (χ0v) is 9.49. The second-order valence-corrected chi connectivity index (χ2v) is 3.64. The summed E-state index contributed by atoms with van der Waals surface area (Å²) >= 11 is 0. The zero-order chi connectivity index (χ0) is 13.1. The van der Waals surface area contributed by atoms with Crippen molar-refractivity contribution < 1.29 is 13.2 Å². The molecule has 0 saturated carbocycles. The van der Waals surface area contributed by atoms with Gasteiger partial charge in [-0.3, -0.25) is 9.97 Å². The van der Waals surface area contributed by atoms with Crippen LogP contribution >= 0.6 is 0 Å². The molecule has 1 unspecified atom stereocenters. The third-order valence-electron chi connectivity index (χ3n) is 2.50. The second kappa shape index (κ2) is 5.14. The molecule has 1 heterocycles. The Morgan fingerprint density at radius 3 is 2.28 bits per heavy atom. The Labute approximate surface area is 102 Å². The van der Waals surface area contributed by atoms with Crippen molar-refractivity contribution in [3.05, 3.63) is 59.4 Å². The molecule has 0 bridgehead atoms. The first-order valence-corrected chi connectivity index (χ1v) is 5.21. The van der Waals surface area contributed by atoms with Crippen LogP contribution in [0.1, 0.15) is 17.3 Å². The van der Waals surface area contributed by atoms with Crippen molar-refractivity contribution in [1.29, 1.82) is 0 Å². The Hall–Kier alpha value is -1.95. The van der Waals surface area contributed by atoms with E-state index in [1.807, 2.05) is 0 Å². The lowest BCUT2D eigenvalue weighted by Crippen LogP contribution is -2.21. The fraction of sp³-hybridized carbons (Fsp3) is 0.167. The Balaban J connectivity index is 2.52. The first kappa shape index (κ1) is 12.5. The first-order chi connectivity index (χ1) is 8.63. The van der Waals surface area contributed by atoms with Crippen molar-refractivity contribution in [3.63, 3.8) is 0 Å². The van der Waals surface area contributed by atoms with E-state index in [0.717, 1.165) is 0 Å². The molecule has 3 nitrogen and oxygen atoms in total. The topological polar surface area (TPSA) is 37.8 Å². The van der Waals surface area contributed by atoms with Gasteiger partial charge in [0.15, 0.2) is 0 Å². The van der Waals surface area contributed by atoms with Crippen molar-refractivity contribution in [1.82, 2.24) is 15.3 Å². The van der Waals surface area contributed by atoms with Gasteiger partial charge in [-0.1, -0.05) is 0 Å². The van der Waals surface area contributed by atoms with E-state index in [4.69, 9.17) is 0 Å². The normalized spacial score (nSPS) is 12.4. The highest BCUT2D eigenvalue weighted by atomic mass is 19.1. The highest BCUT2D eigenvalue weighted by Gasteiger charge is 2.22. The summed E-state index contributed by atoms with van der Waals surface area (Å²) in [4.78, 5) is 7.81. The maximum atomic E-state index is 13.7. The Morgan fingerprint density at radius 2 is 1.78 bits per heavy atom. The fourth-order valence-corrected chi connectivity index (χ4v) is 1.73. The van der Waals surface area contributed by atoms with Crippen molar-refractivity contribution in [2.24, 2.45) is 0 Å². The van der Waals surface area contributed by atoms with Gasteiger partial charge >= 0.3 is 0 Å². The minimum Gasteiger partial charge on any atom is -0.308 e. The Bertz CT molecular complexity index is 523. The summed E-state index contributed by atoms with van der Waals surface area (Å²) in [6.07, 6.45) is 4.26. The molecule has 0 aliphatic rings. The standard InChI is InChI=1S/C12H10F3N3/c1-16-12(10-6-17-2-3-18-10)11-8(14)4-7(13)5-9(11)15/h2-6,12,16H,1H3. The van der Waals surface area contributed by atoms with Gasteiger partial charge in [-0.25, -0.2) is 13.2 Å². The molecule has 94 valence electrons. The van der Waals surface area contributed by atoms with Gasteiger partial charge in [-0.05, 0) is 7.05 Å². The third-order valence-corrected chi connectivity index (χ3v) is 2.50. The molecule has 0 aliphatic heterocycles. The minimum absolute atomic E-state index is 0.278. The van der Waals surface area contributed by atoms with Gasteiger partial charge in [-0.15, -0.1) is 0 Å². The smallest absolute Gasteiger partial charge is 0.134 e. The summed E-state index contributed by atoms with van der Waals surface area (Å²) < 4.78 is 40.2. The van der Waals surface area contributed by atoms with Crippen LogP contribution in [-0.2, 0) is 0 Å². The second-order valence-electron chi connectivity index (χ2n) is 3.64. The van der Waals surface area contributed by atoms with Crippen LogP contribution in [0.15, 0.2) is 30.7 Å². The molecule has 0 spiro atoms. The lowest BCUT2D eigenvalue weighted by atomic mass is 10.0. The van der Waals surface area contributed by atoms with Crippen LogP contribution in [0.4, 0.5) is 13.2 Å². The van der Waals surface area contributed by atoms with E-state index in [1.165, 1.54) is 25.6 Å². The minimum atomic E-state index is -0.961. The van der Waals surface area contributed by atoms with Crippen molar-refractivity contribution in [3.8, 4) is 0 Å². The molecule has 1 aromatic carbocycles. The van der Waals surface area contributed by atoms with Crippen molar-refractivity contribution >= 4 is 0 Å². The molecule has 0 amide bonds. The van der Waals surface area contributed by atoms with Gasteiger partial charge in [-0.2, -0.15) is 0 Å². The fourth-order valence-electron chi connectivity index (χ4n) is 1.73. The van der Waals surface area contributed by atoms with Crippen LogP contribution in [0.3, 0.4) is 0 Å². The van der Waals surface area contributed by atoms with Crippen LogP contribution in [0.25, 0.3) is 0 Å². The van der Waals surface area contributed by atoms with Gasteiger partial charge < -0.3 is 5.32 Å². The number of nitrogens with zero attached hydrogens (tertiary/aromatic N) is 2. The summed E-state index contributed by atoms with van der Waals surface area (Å²) in [6.45, 7) is 0. The van der Waals surface area contributed by atoms with Crippen LogP contribution < -0.4 is 5.32 Å². The maximum absolute atomic E-state index is 13.7. The summed E-state index contributed by atoms with van der Waals surface area (Å²) in [5, 5.41) is 2.73. The van der Waals surface area contributed by atoms with Gasteiger partial charge in [0.2, 0.25) is 0 Å².